The minimum atomic E-state index is -4.51. The largest absolute Gasteiger partial charge is 0.416 e. The molecule has 1 heterocycles. The molecule has 0 spiro atoms. The Bertz CT molecular complexity index is 1020. The summed E-state index contributed by atoms with van der Waals surface area (Å²) in [5.74, 6) is 0. The van der Waals surface area contributed by atoms with Crippen LogP contribution in [0.15, 0.2) is 48.5 Å². The topological polar surface area (TPSA) is 46.4 Å². The van der Waals surface area contributed by atoms with Gasteiger partial charge in [0.05, 0.1) is 17.1 Å². The summed E-state index contributed by atoms with van der Waals surface area (Å²) >= 11 is 22.7. The number of benzene rings is 2. The van der Waals surface area contributed by atoms with Crippen LogP contribution in [0.4, 0.5) is 13.2 Å². The van der Waals surface area contributed by atoms with E-state index in [2.05, 4.69) is 0 Å². The molecule has 1 unspecified atom stereocenters. The molecule has 3 rings (SSSR count). The molecule has 3 atom stereocenters. The third-order valence-electron chi connectivity index (χ3n) is 4.75. The highest BCUT2D eigenvalue weighted by molar-refractivity contribution is 7.84. The van der Waals surface area contributed by atoms with Crippen LogP contribution in [-0.4, -0.2) is 23.1 Å². The van der Waals surface area contributed by atoms with Crippen LogP contribution >= 0.6 is 46.4 Å². The van der Waals surface area contributed by atoms with Crippen molar-refractivity contribution in [2.24, 2.45) is 0 Å². The van der Waals surface area contributed by atoms with E-state index in [1.54, 1.807) is 31.2 Å². The van der Waals surface area contributed by atoms with Gasteiger partial charge in [-0.2, -0.15) is 25.9 Å². The third-order valence-corrected chi connectivity index (χ3v) is 6.82. The van der Waals surface area contributed by atoms with Gasteiger partial charge in [0.15, 0.2) is 0 Å². The molecule has 0 bridgehead atoms. The standard InChI is InChI=1S/C18H14Cl4F3NO3S/c1-16(12-6-8-14(19)9-7-12)15(11-2-4-13(5-3-11)18(23,24)25)26(16)30(27,28)29-10-17(20,21)22/h2-9,15H,10H2,1H3/t15-,16-,26?/m1/s1. The molecular formula is C18H14Cl4F3NO3S. The maximum atomic E-state index is 12.9. The molecule has 1 aliphatic heterocycles. The molecule has 2 aromatic rings. The molecule has 12 heteroatoms. The first-order chi connectivity index (χ1) is 13.7. The Morgan fingerprint density at radius 2 is 1.57 bits per heavy atom. The summed E-state index contributed by atoms with van der Waals surface area (Å²) < 4.78 is 68.3. The van der Waals surface area contributed by atoms with Crippen LogP contribution in [0.3, 0.4) is 0 Å². The van der Waals surface area contributed by atoms with Gasteiger partial charge in [-0.15, -0.1) is 0 Å². The maximum Gasteiger partial charge on any atom is 0.416 e. The molecular weight excluding hydrogens is 509 g/mol. The van der Waals surface area contributed by atoms with Gasteiger partial charge in [0, 0.05) is 5.02 Å². The average molecular weight is 523 g/mol. The van der Waals surface area contributed by atoms with Crippen molar-refractivity contribution in [3.8, 4) is 0 Å². The van der Waals surface area contributed by atoms with Crippen molar-refractivity contribution in [3.05, 3.63) is 70.2 Å². The predicted molar refractivity (Wildman–Crippen MR) is 110 cm³/mol. The Morgan fingerprint density at radius 1 is 1.03 bits per heavy atom. The highest BCUT2D eigenvalue weighted by Crippen LogP contribution is 2.62. The van der Waals surface area contributed by atoms with E-state index in [0.717, 1.165) is 16.4 Å². The van der Waals surface area contributed by atoms with E-state index >= 15 is 0 Å². The molecule has 0 aliphatic carbocycles. The van der Waals surface area contributed by atoms with Crippen LogP contribution in [0.2, 0.25) is 5.02 Å². The zero-order valence-corrected chi connectivity index (χ0v) is 19.0. The van der Waals surface area contributed by atoms with Gasteiger partial charge >= 0.3 is 16.5 Å². The van der Waals surface area contributed by atoms with Crippen LogP contribution in [0, 0.1) is 0 Å². The Hall–Kier alpha value is -0.740. The zero-order valence-electron chi connectivity index (χ0n) is 15.1. The van der Waals surface area contributed by atoms with E-state index < -0.39 is 44.0 Å². The molecule has 0 radical (unpaired) electrons. The number of rotatable bonds is 5. The summed E-state index contributed by atoms with van der Waals surface area (Å²) in [6.07, 6.45) is -4.51. The van der Waals surface area contributed by atoms with Crippen LogP contribution in [-0.2, 0) is 26.2 Å². The van der Waals surface area contributed by atoms with E-state index in [4.69, 9.17) is 50.6 Å². The lowest BCUT2D eigenvalue weighted by molar-refractivity contribution is -0.137. The number of nitrogens with zero attached hydrogens (tertiary/aromatic N) is 1. The monoisotopic (exact) mass is 521 g/mol. The summed E-state index contributed by atoms with van der Waals surface area (Å²) in [6, 6.07) is 9.83. The molecule has 1 aliphatic rings. The summed E-state index contributed by atoms with van der Waals surface area (Å²) in [6.45, 7) is 0.891. The molecule has 30 heavy (non-hydrogen) atoms. The number of alkyl halides is 6. The van der Waals surface area contributed by atoms with E-state index in [-0.39, 0.29) is 0 Å². The van der Waals surface area contributed by atoms with Crippen LogP contribution < -0.4 is 0 Å². The smallest absolute Gasteiger partial charge is 0.253 e. The Morgan fingerprint density at radius 3 is 2.03 bits per heavy atom. The van der Waals surface area contributed by atoms with Gasteiger partial charge in [-0.1, -0.05) is 70.7 Å². The lowest BCUT2D eigenvalue weighted by atomic mass is 9.93. The number of halogens is 7. The molecule has 1 saturated heterocycles. The van der Waals surface area contributed by atoms with Gasteiger partial charge in [-0.05, 0) is 42.3 Å². The van der Waals surface area contributed by atoms with Crippen molar-refractivity contribution in [3.63, 3.8) is 0 Å². The van der Waals surface area contributed by atoms with E-state index in [9.17, 15) is 21.6 Å². The Kier molecular flexibility index (Phi) is 6.37. The first-order valence-electron chi connectivity index (χ1n) is 8.35. The van der Waals surface area contributed by atoms with Crippen molar-refractivity contribution in [1.82, 2.24) is 4.31 Å². The molecule has 0 N–H and O–H groups in total. The lowest BCUT2D eigenvalue weighted by Gasteiger charge is -2.15. The first kappa shape index (κ1) is 23.9. The van der Waals surface area contributed by atoms with Crippen LogP contribution in [0.5, 0.6) is 0 Å². The molecule has 0 saturated carbocycles. The van der Waals surface area contributed by atoms with Gasteiger partial charge in [0.1, 0.15) is 6.61 Å². The van der Waals surface area contributed by atoms with Gasteiger partial charge in [-0.25, -0.2) is 0 Å². The van der Waals surface area contributed by atoms with Crippen molar-refractivity contribution >= 4 is 56.7 Å². The normalized spacial score (nSPS) is 24.7. The summed E-state index contributed by atoms with van der Waals surface area (Å²) in [5.41, 5.74) is -1.07. The maximum absolute atomic E-state index is 12.9. The van der Waals surface area contributed by atoms with Gasteiger partial charge < -0.3 is 0 Å². The molecule has 164 valence electrons. The first-order valence-corrected chi connectivity index (χ1v) is 11.2. The molecule has 1 fully saturated rings. The van der Waals surface area contributed by atoms with Gasteiger partial charge in [0.2, 0.25) is 3.79 Å². The fraction of sp³-hybridized carbons (Fsp3) is 0.333. The summed E-state index contributed by atoms with van der Waals surface area (Å²) in [7, 11) is -4.40. The van der Waals surface area contributed by atoms with Gasteiger partial charge in [-0.3, -0.25) is 4.18 Å². The molecule has 0 amide bonds. The summed E-state index contributed by atoms with van der Waals surface area (Å²) in [5, 5.41) is 0.441. The predicted octanol–water partition coefficient (Wildman–Crippen LogP) is 6.26. The quantitative estimate of drug-likeness (QED) is 0.344. The SMILES string of the molecule is C[C@@]1(c2ccc(Cl)cc2)[C@@H](c2ccc(C(F)(F)F)cc2)N1S(=O)(=O)OCC(Cl)(Cl)Cl. The van der Waals surface area contributed by atoms with E-state index in [1.807, 2.05) is 0 Å². The van der Waals surface area contributed by atoms with Crippen molar-refractivity contribution in [2.75, 3.05) is 6.61 Å². The minimum absolute atomic E-state index is 0.349. The van der Waals surface area contributed by atoms with Crippen LogP contribution in [0.25, 0.3) is 0 Å². The molecule has 2 aromatic carbocycles. The highest BCUT2D eigenvalue weighted by Gasteiger charge is 2.67. The number of hydrogen-bond donors (Lipinski definition) is 0. The Labute approximate surface area is 191 Å². The van der Waals surface area contributed by atoms with Crippen molar-refractivity contribution in [1.29, 1.82) is 0 Å². The average Bonchev–Trinajstić information content (AvgIpc) is 3.28. The van der Waals surface area contributed by atoms with E-state index in [0.29, 0.717) is 16.1 Å². The molecule has 4 nitrogen and oxygen atoms in total. The second-order valence-corrected chi connectivity index (χ2v) is 11.2. The fourth-order valence-corrected chi connectivity index (χ4v) is 5.44. The summed E-state index contributed by atoms with van der Waals surface area (Å²) in [4.78, 5) is 0. The molecule has 0 aromatic heterocycles. The van der Waals surface area contributed by atoms with Gasteiger partial charge in [0.25, 0.3) is 0 Å². The van der Waals surface area contributed by atoms with E-state index in [1.165, 1.54) is 12.1 Å². The third kappa shape index (κ3) is 4.85. The number of hydrogen-bond acceptors (Lipinski definition) is 3. The van der Waals surface area contributed by atoms with Crippen molar-refractivity contribution in [2.45, 2.75) is 28.5 Å². The lowest BCUT2D eigenvalue weighted by Crippen LogP contribution is -2.26. The second-order valence-electron chi connectivity index (χ2n) is 6.81. The fourth-order valence-electron chi connectivity index (χ4n) is 3.31. The zero-order chi connectivity index (χ0) is 22.5. The van der Waals surface area contributed by atoms with Crippen molar-refractivity contribution < 1.29 is 25.8 Å². The Balaban J connectivity index is 2.01. The highest BCUT2D eigenvalue weighted by atomic mass is 35.6. The minimum Gasteiger partial charge on any atom is -0.253 e. The second kappa shape index (κ2) is 7.99. The van der Waals surface area contributed by atoms with Crippen LogP contribution in [0.1, 0.15) is 29.7 Å².